The van der Waals surface area contributed by atoms with E-state index in [9.17, 15) is 9.18 Å². The second kappa shape index (κ2) is 7.44. The number of benzene rings is 2. The van der Waals surface area contributed by atoms with E-state index in [1.807, 2.05) is 31.2 Å². The van der Waals surface area contributed by atoms with Crippen LogP contribution in [0.3, 0.4) is 0 Å². The molecule has 0 aliphatic heterocycles. The SMILES string of the molecule is Cc1ccc(-c2nnc(CCC(=O)Nc3cccc(Cl)c3F)o2)cc1. The zero-order chi connectivity index (χ0) is 17.8. The summed E-state index contributed by atoms with van der Waals surface area (Å²) < 4.78 is 19.3. The monoisotopic (exact) mass is 359 g/mol. The van der Waals surface area contributed by atoms with Crippen LogP contribution in [0.4, 0.5) is 10.1 Å². The average Bonchev–Trinajstić information content (AvgIpc) is 3.07. The average molecular weight is 360 g/mol. The summed E-state index contributed by atoms with van der Waals surface area (Å²) in [6.45, 7) is 1.99. The van der Waals surface area contributed by atoms with Gasteiger partial charge in [-0.05, 0) is 31.2 Å². The van der Waals surface area contributed by atoms with Crippen LogP contribution in [0.1, 0.15) is 17.9 Å². The van der Waals surface area contributed by atoms with Crippen molar-refractivity contribution in [1.82, 2.24) is 10.2 Å². The van der Waals surface area contributed by atoms with Gasteiger partial charge in [0, 0.05) is 18.4 Å². The van der Waals surface area contributed by atoms with E-state index in [0.29, 0.717) is 11.8 Å². The lowest BCUT2D eigenvalue weighted by Gasteiger charge is -2.06. The van der Waals surface area contributed by atoms with Gasteiger partial charge < -0.3 is 9.73 Å². The van der Waals surface area contributed by atoms with E-state index in [1.54, 1.807) is 6.07 Å². The fraction of sp³-hybridized carbons (Fsp3) is 0.167. The number of carbonyl (C=O) groups is 1. The van der Waals surface area contributed by atoms with Crippen molar-refractivity contribution in [3.05, 3.63) is 64.8 Å². The van der Waals surface area contributed by atoms with Crippen molar-refractivity contribution in [2.75, 3.05) is 5.32 Å². The highest BCUT2D eigenvalue weighted by molar-refractivity contribution is 6.31. The molecule has 0 saturated heterocycles. The highest BCUT2D eigenvalue weighted by Crippen LogP contribution is 2.22. The highest BCUT2D eigenvalue weighted by atomic mass is 35.5. The molecule has 7 heteroatoms. The molecule has 0 spiro atoms. The van der Waals surface area contributed by atoms with Crippen LogP contribution in [0.2, 0.25) is 5.02 Å². The Bertz CT molecular complexity index is 894. The summed E-state index contributed by atoms with van der Waals surface area (Å²) in [6, 6.07) is 12.1. The minimum Gasteiger partial charge on any atom is -0.421 e. The third-order valence-electron chi connectivity index (χ3n) is 3.56. The smallest absolute Gasteiger partial charge is 0.247 e. The first-order chi connectivity index (χ1) is 12.0. The first kappa shape index (κ1) is 17.1. The standard InChI is InChI=1S/C18H15ClFN3O2/c1-11-5-7-12(8-6-11)18-23-22-16(25-18)10-9-15(24)21-14-4-2-3-13(19)17(14)20/h2-8H,9-10H2,1H3,(H,21,24). The molecular formula is C18H15ClFN3O2. The summed E-state index contributed by atoms with van der Waals surface area (Å²) in [5.74, 6) is -0.276. The van der Waals surface area contributed by atoms with Crippen LogP contribution in [0.15, 0.2) is 46.9 Å². The minimum atomic E-state index is -0.656. The number of hydrogen-bond acceptors (Lipinski definition) is 4. The van der Waals surface area contributed by atoms with E-state index < -0.39 is 5.82 Å². The lowest BCUT2D eigenvalue weighted by molar-refractivity contribution is -0.116. The van der Waals surface area contributed by atoms with Crippen LogP contribution < -0.4 is 5.32 Å². The Hall–Kier alpha value is -2.73. The molecule has 1 amide bonds. The molecule has 0 unspecified atom stereocenters. The van der Waals surface area contributed by atoms with Crippen LogP contribution in [-0.2, 0) is 11.2 Å². The summed E-state index contributed by atoms with van der Waals surface area (Å²) in [5, 5.41) is 10.3. The highest BCUT2D eigenvalue weighted by Gasteiger charge is 2.13. The van der Waals surface area contributed by atoms with E-state index in [1.165, 1.54) is 12.1 Å². The van der Waals surface area contributed by atoms with Crippen LogP contribution in [-0.4, -0.2) is 16.1 Å². The normalized spacial score (nSPS) is 10.7. The van der Waals surface area contributed by atoms with Crippen LogP contribution in [0.5, 0.6) is 0 Å². The van der Waals surface area contributed by atoms with Crippen molar-refractivity contribution in [2.45, 2.75) is 19.8 Å². The van der Waals surface area contributed by atoms with Crippen molar-refractivity contribution in [3.8, 4) is 11.5 Å². The van der Waals surface area contributed by atoms with Crippen LogP contribution in [0, 0.1) is 12.7 Å². The van der Waals surface area contributed by atoms with Gasteiger partial charge in [0.25, 0.3) is 0 Å². The number of anilines is 1. The molecule has 0 atom stereocenters. The van der Waals surface area contributed by atoms with E-state index in [4.69, 9.17) is 16.0 Å². The number of nitrogens with zero attached hydrogens (tertiary/aromatic N) is 2. The maximum Gasteiger partial charge on any atom is 0.247 e. The van der Waals surface area contributed by atoms with Gasteiger partial charge in [0.1, 0.15) is 0 Å². The summed E-state index contributed by atoms with van der Waals surface area (Å²) in [5.41, 5.74) is 1.99. The van der Waals surface area contributed by atoms with E-state index in [-0.39, 0.29) is 29.5 Å². The first-order valence-electron chi connectivity index (χ1n) is 7.66. The van der Waals surface area contributed by atoms with Crippen LogP contribution in [0.25, 0.3) is 11.5 Å². The third-order valence-corrected chi connectivity index (χ3v) is 3.85. The Morgan fingerprint density at radius 1 is 1.20 bits per heavy atom. The Morgan fingerprint density at radius 3 is 2.72 bits per heavy atom. The fourth-order valence-corrected chi connectivity index (χ4v) is 2.38. The molecule has 1 aromatic heterocycles. The Balaban J connectivity index is 1.59. The molecule has 1 N–H and O–H groups in total. The van der Waals surface area contributed by atoms with Gasteiger partial charge in [0.05, 0.1) is 10.7 Å². The molecule has 0 aliphatic rings. The molecule has 3 aromatic rings. The van der Waals surface area contributed by atoms with Gasteiger partial charge in [0.15, 0.2) is 5.82 Å². The molecular weight excluding hydrogens is 345 g/mol. The molecule has 2 aromatic carbocycles. The number of aromatic nitrogens is 2. The van der Waals surface area contributed by atoms with Crippen molar-refractivity contribution < 1.29 is 13.6 Å². The third kappa shape index (κ3) is 4.22. The number of rotatable bonds is 5. The van der Waals surface area contributed by atoms with Gasteiger partial charge in [-0.15, -0.1) is 10.2 Å². The van der Waals surface area contributed by atoms with Crippen molar-refractivity contribution in [2.24, 2.45) is 0 Å². The fourth-order valence-electron chi connectivity index (χ4n) is 2.20. The molecule has 0 saturated carbocycles. The zero-order valence-electron chi connectivity index (χ0n) is 13.4. The minimum absolute atomic E-state index is 0.0440. The number of amides is 1. The lowest BCUT2D eigenvalue weighted by Crippen LogP contribution is -2.13. The predicted molar refractivity (Wildman–Crippen MR) is 92.8 cm³/mol. The number of hydrogen-bond donors (Lipinski definition) is 1. The second-order valence-corrected chi connectivity index (χ2v) is 5.92. The van der Waals surface area contributed by atoms with E-state index >= 15 is 0 Å². The maximum atomic E-state index is 13.8. The van der Waals surface area contributed by atoms with Gasteiger partial charge >= 0.3 is 0 Å². The van der Waals surface area contributed by atoms with Gasteiger partial charge in [0.2, 0.25) is 17.7 Å². The molecule has 128 valence electrons. The number of nitrogens with one attached hydrogen (secondary N) is 1. The Morgan fingerprint density at radius 2 is 1.96 bits per heavy atom. The summed E-state index contributed by atoms with van der Waals surface area (Å²) in [6.07, 6.45) is 0.342. The Labute approximate surface area is 148 Å². The van der Waals surface area contributed by atoms with Crippen molar-refractivity contribution in [1.29, 1.82) is 0 Å². The second-order valence-electron chi connectivity index (χ2n) is 5.52. The van der Waals surface area contributed by atoms with Crippen molar-refractivity contribution >= 4 is 23.2 Å². The van der Waals surface area contributed by atoms with Gasteiger partial charge in [-0.3, -0.25) is 4.79 Å². The van der Waals surface area contributed by atoms with Crippen molar-refractivity contribution in [3.63, 3.8) is 0 Å². The van der Waals surface area contributed by atoms with Gasteiger partial charge in [-0.25, -0.2) is 4.39 Å². The van der Waals surface area contributed by atoms with Gasteiger partial charge in [-0.2, -0.15) is 0 Å². The predicted octanol–water partition coefficient (Wildman–Crippen LogP) is 4.41. The summed E-state index contributed by atoms with van der Waals surface area (Å²) >= 11 is 5.68. The van der Waals surface area contributed by atoms with E-state index in [2.05, 4.69) is 15.5 Å². The molecule has 3 rings (SSSR count). The molecule has 0 bridgehead atoms. The zero-order valence-corrected chi connectivity index (χ0v) is 14.2. The quantitative estimate of drug-likeness (QED) is 0.732. The summed E-state index contributed by atoms with van der Waals surface area (Å²) in [7, 11) is 0. The Kier molecular flexibility index (Phi) is 5.09. The molecule has 0 radical (unpaired) electrons. The number of aryl methyl sites for hydroxylation is 2. The number of halogens is 2. The maximum absolute atomic E-state index is 13.8. The van der Waals surface area contributed by atoms with Crippen LogP contribution >= 0.6 is 11.6 Å². The molecule has 1 heterocycles. The topological polar surface area (TPSA) is 68.0 Å². The first-order valence-corrected chi connectivity index (χ1v) is 8.04. The summed E-state index contributed by atoms with van der Waals surface area (Å²) in [4.78, 5) is 12.0. The van der Waals surface area contributed by atoms with Gasteiger partial charge in [-0.1, -0.05) is 35.4 Å². The molecule has 5 nitrogen and oxygen atoms in total. The molecule has 0 aliphatic carbocycles. The van der Waals surface area contributed by atoms with E-state index in [0.717, 1.165) is 11.1 Å². The molecule has 25 heavy (non-hydrogen) atoms. The molecule has 0 fully saturated rings. The lowest BCUT2D eigenvalue weighted by atomic mass is 10.1. The number of carbonyl (C=O) groups excluding carboxylic acids is 1. The largest absolute Gasteiger partial charge is 0.421 e.